The fourth-order valence-electron chi connectivity index (χ4n) is 2.10. The van der Waals surface area contributed by atoms with Gasteiger partial charge in [-0.05, 0) is 43.5 Å². The van der Waals surface area contributed by atoms with Gasteiger partial charge in [0.1, 0.15) is 5.60 Å². The quantitative estimate of drug-likeness (QED) is 0.855. The predicted octanol–water partition coefficient (Wildman–Crippen LogP) is 2.95. The fourth-order valence-corrected chi connectivity index (χ4v) is 2.10. The van der Waals surface area contributed by atoms with E-state index < -0.39 is 5.60 Å². The van der Waals surface area contributed by atoms with Crippen LogP contribution in [0.15, 0.2) is 42.7 Å². The topological polar surface area (TPSA) is 33.1 Å². The molecule has 88 valence electrons. The second-order valence-electron chi connectivity index (χ2n) is 4.64. The molecule has 0 aliphatic carbocycles. The minimum absolute atomic E-state index is 0.826. The summed E-state index contributed by atoms with van der Waals surface area (Å²) in [6.45, 7) is 5.79. The molecule has 0 saturated heterocycles. The van der Waals surface area contributed by atoms with E-state index in [-0.39, 0.29) is 0 Å². The summed E-state index contributed by atoms with van der Waals surface area (Å²) in [6, 6.07) is 9.85. The van der Waals surface area contributed by atoms with Crippen LogP contribution in [0.1, 0.15) is 29.2 Å². The first-order valence-corrected chi connectivity index (χ1v) is 5.72. The first-order valence-electron chi connectivity index (χ1n) is 5.72. The number of aryl methyl sites for hydroxylation is 2. The first kappa shape index (κ1) is 11.8. The van der Waals surface area contributed by atoms with E-state index in [9.17, 15) is 5.11 Å². The highest BCUT2D eigenvalue weighted by atomic mass is 16.3. The van der Waals surface area contributed by atoms with Gasteiger partial charge in [0.05, 0.1) is 0 Å². The molecule has 17 heavy (non-hydrogen) atoms. The molecule has 2 rings (SSSR count). The van der Waals surface area contributed by atoms with Crippen molar-refractivity contribution in [3.63, 3.8) is 0 Å². The smallest absolute Gasteiger partial charge is 0.114 e. The van der Waals surface area contributed by atoms with Crippen LogP contribution in [0.4, 0.5) is 0 Å². The third-order valence-corrected chi connectivity index (χ3v) is 3.11. The average molecular weight is 227 g/mol. The number of aromatic nitrogens is 1. The van der Waals surface area contributed by atoms with Gasteiger partial charge in [-0.15, -0.1) is 0 Å². The second kappa shape index (κ2) is 4.30. The van der Waals surface area contributed by atoms with Gasteiger partial charge in [0.15, 0.2) is 0 Å². The number of pyridine rings is 1. The normalized spacial score (nSPS) is 14.4. The standard InChI is InChI=1S/C15H17NO/c1-11-8-13(10-16-9-11)15(3,17)14-7-5-4-6-12(14)2/h4-10,17H,1-3H3. The molecular formula is C15H17NO. The second-order valence-corrected chi connectivity index (χ2v) is 4.64. The van der Waals surface area contributed by atoms with Gasteiger partial charge in [0.2, 0.25) is 0 Å². The van der Waals surface area contributed by atoms with Gasteiger partial charge >= 0.3 is 0 Å². The summed E-state index contributed by atoms with van der Waals surface area (Å²) in [4.78, 5) is 4.15. The van der Waals surface area contributed by atoms with Crippen molar-refractivity contribution in [2.24, 2.45) is 0 Å². The van der Waals surface area contributed by atoms with Crippen LogP contribution in [0, 0.1) is 13.8 Å². The van der Waals surface area contributed by atoms with Crippen molar-refractivity contribution in [2.75, 3.05) is 0 Å². The Morgan fingerprint density at radius 1 is 1.12 bits per heavy atom. The van der Waals surface area contributed by atoms with Gasteiger partial charge in [-0.1, -0.05) is 24.3 Å². The number of rotatable bonds is 2. The van der Waals surface area contributed by atoms with E-state index >= 15 is 0 Å². The zero-order chi connectivity index (χ0) is 12.5. The number of nitrogens with zero attached hydrogens (tertiary/aromatic N) is 1. The zero-order valence-electron chi connectivity index (χ0n) is 10.4. The molecule has 2 nitrogen and oxygen atoms in total. The van der Waals surface area contributed by atoms with Crippen LogP contribution in [-0.4, -0.2) is 10.1 Å². The summed E-state index contributed by atoms with van der Waals surface area (Å²) in [5, 5.41) is 10.7. The zero-order valence-corrected chi connectivity index (χ0v) is 10.4. The van der Waals surface area contributed by atoms with E-state index in [4.69, 9.17) is 0 Å². The van der Waals surface area contributed by atoms with E-state index in [1.165, 1.54) is 0 Å². The molecule has 0 fully saturated rings. The average Bonchev–Trinajstić information content (AvgIpc) is 2.29. The minimum Gasteiger partial charge on any atom is -0.381 e. The largest absolute Gasteiger partial charge is 0.381 e. The number of hydrogen-bond acceptors (Lipinski definition) is 2. The molecule has 2 aromatic rings. The van der Waals surface area contributed by atoms with Crippen molar-refractivity contribution in [1.82, 2.24) is 4.98 Å². The Balaban J connectivity index is 2.53. The molecule has 2 heteroatoms. The summed E-state index contributed by atoms with van der Waals surface area (Å²) < 4.78 is 0. The Labute approximate surface area is 102 Å². The van der Waals surface area contributed by atoms with E-state index in [1.54, 1.807) is 12.4 Å². The summed E-state index contributed by atoms with van der Waals surface area (Å²) in [5.41, 5.74) is 2.89. The molecule has 1 aromatic carbocycles. The van der Waals surface area contributed by atoms with Crippen molar-refractivity contribution >= 4 is 0 Å². The minimum atomic E-state index is -0.996. The highest BCUT2D eigenvalue weighted by Gasteiger charge is 2.27. The van der Waals surface area contributed by atoms with Gasteiger partial charge in [-0.25, -0.2) is 0 Å². The maximum Gasteiger partial charge on any atom is 0.114 e. The molecule has 1 N–H and O–H groups in total. The molecule has 0 saturated carbocycles. The van der Waals surface area contributed by atoms with Crippen molar-refractivity contribution in [1.29, 1.82) is 0 Å². The molecule has 1 heterocycles. The molecule has 0 aliphatic heterocycles. The molecule has 1 unspecified atom stereocenters. The maximum absolute atomic E-state index is 10.7. The summed E-state index contributed by atoms with van der Waals surface area (Å²) in [5.74, 6) is 0. The number of hydrogen-bond donors (Lipinski definition) is 1. The third-order valence-electron chi connectivity index (χ3n) is 3.11. The van der Waals surface area contributed by atoms with E-state index in [0.717, 1.165) is 22.3 Å². The van der Waals surface area contributed by atoms with Gasteiger partial charge < -0.3 is 5.11 Å². The van der Waals surface area contributed by atoms with Gasteiger partial charge in [-0.3, -0.25) is 4.98 Å². The summed E-state index contributed by atoms with van der Waals surface area (Å²) >= 11 is 0. The molecule has 0 spiro atoms. The molecule has 1 atom stereocenters. The fraction of sp³-hybridized carbons (Fsp3) is 0.267. The molecule has 1 aromatic heterocycles. The predicted molar refractivity (Wildman–Crippen MR) is 68.8 cm³/mol. The Morgan fingerprint density at radius 3 is 2.47 bits per heavy atom. The maximum atomic E-state index is 10.7. The van der Waals surface area contributed by atoms with E-state index in [1.807, 2.05) is 51.1 Å². The van der Waals surface area contributed by atoms with E-state index in [0.29, 0.717) is 0 Å². The van der Waals surface area contributed by atoms with E-state index in [2.05, 4.69) is 4.98 Å². The molecule has 0 bridgehead atoms. The van der Waals surface area contributed by atoms with Crippen molar-refractivity contribution in [3.8, 4) is 0 Å². The lowest BCUT2D eigenvalue weighted by Gasteiger charge is -2.26. The molecule has 0 aliphatic rings. The monoisotopic (exact) mass is 227 g/mol. The van der Waals surface area contributed by atoms with Crippen LogP contribution in [0.25, 0.3) is 0 Å². The Bertz CT molecular complexity index is 532. The summed E-state index contributed by atoms with van der Waals surface area (Å²) in [6.07, 6.45) is 3.51. The lowest BCUT2D eigenvalue weighted by atomic mass is 9.86. The third kappa shape index (κ3) is 2.22. The highest BCUT2D eigenvalue weighted by Crippen LogP contribution is 2.30. The Kier molecular flexibility index (Phi) is 2.99. The van der Waals surface area contributed by atoms with Crippen molar-refractivity contribution in [3.05, 3.63) is 65.0 Å². The lowest BCUT2D eigenvalue weighted by Crippen LogP contribution is -2.24. The summed E-state index contributed by atoms with van der Waals surface area (Å²) in [7, 11) is 0. The lowest BCUT2D eigenvalue weighted by molar-refractivity contribution is 0.101. The van der Waals surface area contributed by atoms with Crippen molar-refractivity contribution in [2.45, 2.75) is 26.4 Å². The van der Waals surface area contributed by atoms with Gasteiger partial charge in [0.25, 0.3) is 0 Å². The van der Waals surface area contributed by atoms with Gasteiger partial charge in [0, 0.05) is 18.0 Å². The van der Waals surface area contributed by atoms with Crippen LogP contribution < -0.4 is 0 Å². The molecular weight excluding hydrogens is 210 g/mol. The Hall–Kier alpha value is -1.67. The number of benzene rings is 1. The Morgan fingerprint density at radius 2 is 1.82 bits per heavy atom. The van der Waals surface area contributed by atoms with Crippen LogP contribution in [0.3, 0.4) is 0 Å². The molecule has 0 amide bonds. The van der Waals surface area contributed by atoms with Crippen LogP contribution in [-0.2, 0) is 5.60 Å². The van der Waals surface area contributed by atoms with Crippen LogP contribution >= 0.6 is 0 Å². The highest BCUT2D eigenvalue weighted by molar-refractivity contribution is 5.39. The van der Waals surface area contributed by atoms with Crippen LogP contribution in [0.2, 0.25) is 0 Å². The first-order chi connectivity index (χ1) is 8.01. The number of aliphatic hydroxyl groups is 1. The van der Waals surface area contributed by atoms with Crippen molar-refractivity contribution < 1.29 is 5.11 Å². The molecule has 0 radical (unpaired) electrons. The van der Waals surface area contributed by atoms with Gasteiger partial charge in [-0.2, -0.15) is 0 Å². The van der Waals surface area contributed by atoms with Crippen LogP contribution in [0.5, 0.6) is 0 Å². The SMILES string of the molecule is Cc1cncc(C(C)(O)c2ccccc2C)c1.